The molecule has 0 heterocycles. The van der Waals surface area contributed by atoms with Gasteiger partial charge in [-0.15, -0.1) is 11.6 Å². The summed E-state index contributed by atoms with van der Waals surface area (Å²) in [7, 11) is 5.62. The number of rotatable bonds is 3. The highest BCUT2D eigenvalue weighted by atomic mass is 35.5. The van der Waals surface area contributed by atoms with Crippen molar-refractivity contribution >= 4 is 11.6 Å². The van der Waals surface area contributed by atoms with Gasteiger partial charge in [0.15, 0.2) is 0 Å². The van der Waals surface area contributed by atoms with Crippen LogP contribution in [0.15, 0.2) is 12.1 Å². The predicted molar refractivity (Wildman–Crippen MR) is 64.7 cm³/mol. The van der Waals surface area contributed by atoms with Crippen molar-refractivity contribution in [2.75, 3.05) is 21.2 Å². The molecule has 0 aliphatic heterocycles. The first kappa shape index (κ1) is 12.3. The van der Waals surface area contributed by atoms with E-state index in [-0.39, 0.29) is 5.50 Å². The van der Waals surface area contributed by atoms with Gasteiger partial charge in [0.25, 0.3) is 0 Å². The smallest absolute Gasteiger partial charge is 0.124 e. The molecular formula is C12H18ClNO. The first-order valence-corrected chi connectivity index (χ1v) is 5.36. The van der Waals surface area contributed by atoms with Gasteiger partial charge >= 0.3 is 0 Å². The molecule has 0 aliphatic carbocycles. The molecule has 0 saturated carbocycles. The van der Waals surface area contributed by atoms with Crippen LogP contribution >= 0.6 is 11.6 Å². The summed E-state index contributed by atoms with van der Waals surface area (Å²) in [4.78, 5) is 1.97. The van der Waals surface area contributed by atoms with Gasteiger partial charge in [0, 0.05) is 0 Å². The van der Waals surface area contributed by atoms with Crippen LogP contribution in [0.4, 0.5) is 0 Å². The molecule has 0 fully saturated rings. The topological polar surface area (TPSA) is 12.5 Å². The lowest BCUT2D eigenvalue weighted by molar-refractivity contribution is 0.382. The lowest BCUT2D eigenvalue weighted by Crippen LogP contribution is -2.15. The molecule has 0 bridgehead atoms. The maximum Gasteiger partial charge on any atom is 0.124 e. The van der Waals surface area contributed by atoms with Crippen LogP contribution < -0.4 is 4.74 Å². The predicted octanol–water partition coefficient (Wildman–Crippen LogP) is 3.11. The van der Waals surface area contributed by atoms with Crippen molar-refractivity contribution in [3.8, 4) is 5.75 Å². The molecule has 0 saturated heterocycles. The van der Waals surface area contributed by atoms with Gasteiger partial charge in [0.2, 0.25) is 0 Å². The minimum Gasteiger partial charge on any atom is -0.496 e. The SMILES string of the molecule is COc1c(C)cc(C(Cl)N(C)C)cc1C. The number of methoxy groups -OCH3 is 1. The Balaban J connectivity index is 3.14. The van der Waals surface area contributed by atoms with Crippen LogP contribution in [-0.2, 0) is 0 Å². The third kappa shape index (κ3) is 2.64. The lowest BCUT2D eigenvalue weighted by atomic mass is 10.1. The second-order valence-corrected chi connectivity index (χ2v) is 4.40. The van der Waals surface area contributed by atoms with Gasteiger partial charge < -0.3 is 4.74 Å². The van der Waals surface area contributed by atoms with E-state index in [1.165, 1.54) is 0 Å². The van der Waals surface area contributed by atoms with Gasteiger partial charge in [0.05, 0.1) is 7.11 Å². The molecular weight excluding hydrogens is 210 g/mol. The zero-order valence-electron chi connectivity index (χ0n) is 9.97. The number of hydrogen-bond donors (Lipinski definition) is 0. The lowest BCUT2D eigenvalue weighted by Gasteiger charge is -2.20. The molecule has 0 aromatic heterocycles. The van der Waals surface area contributed by atoms with E-state index >= 15 is 0 Å². The fraction of sp³-hybridized carbons (Fsp3) is 0.500. The minimum atomic E-state index is -0.0895. The van der Waals surface area contributed by atoms with Crippen molar-refractivity contribution in [2.45, 2.75) is 19.3 Å². The maximum atomic E-state index is 6.27. The van der Waals surface area contributed by atoms with Crippen LogP contribution in [0.2, 0.25) is 0 Å². The Bertz CT molecular complexity index is 326. The number of alkyl halides is 1. The zero-order valence-corrected chi connectivity index (χ0v) is 10.7. The van der Waals surface area contributed by atoms with E-state index in [4.69, 9.17) is 16.3 Å². The summed E-state index contributed by atoms with van der Waals surface area (Å²) in [6, 6.07) is 4.15. The second-order valence-electron chi connectivity index (χ2n) is 3.99. The zero-order chi connectivity index (χ0) is 11.6. The number of hydrogen-bond acceptors (Lipinski definition) is 2. The van der Waals surface area contributed by atoms with Crippen molar-refractivity contribution in [1.29, 1.82) is 0 Å². The van der Waals surface area contributed by atoms with Crippen molar-refractivity contribution in [3.05, 3.63) is 28.8 Å². The van der Waals surface area contributed by atoms with E-state index in [0.717, 1.165) is 22.4 Å². The highest BCUT2D eigenvalue weighted by molar-refractivity contribution is 6.20. The third-order valence-corrected chi connectivity index (χ3v) is 3.06. The molecule has 1 aromatic carbocycles. The van der Waals surface area contributed by atoms with Gasteiger partial charge in [0.1, 0.15) is 11.3 Å². The van der Waals surface area contributed by atoms with E-state index in [1.807, 2.05) is 32.8 Å². The van der Waals surface area contributed by atoms with Gasteiger partial charge in [-0.1, -0.05) is 0 Å². The molecule has 0 amide bonds. The van der Waals surface area contributed by atoms with E-state index in [2.05, 4.69) is 12.1 Å². The van der Waals surface area contributed by atoms with Crippen molar-refractivity contribution in [1.82, 2.24) is 4.90 Å². The highest BCUT2D eigenvalue weighted by Crippen LogP contribution is 2.30. The molecule has 2 nitrogen and oxygen atoms in total. The fourth-order valence-corrected chi connectivity index (χ4v) is 1.87. The summed E-state index contributed by atoms with van der Waals surface area (Å²) >= 11 is 6.27. The molecule has 0 radical (unpaired) electrons. The van der Waals surface area contributed by atoms with Crippen molar-refractivity contribution in [2.24, 2.45) is 0 Å². The molecule has 0 N–H and O–H groups in total. The standard InChI is InChI=1S/C12H18ClNO/c1-8-6-10(12(13)14(3)4)7-9(2)11(8)15-5/h6-7,12H,1-5H3. The summed E-state index contributed by atoms with van der Waals surface area (Å²) < 4.78 is 5.31. The van der Waals surface area contributed by atoms with E-state index in [9.17, 15) is 0 Å². The normalized spacial score (nSPS) is 13.0. The largest absolute Gasteiger partial charge is 0.496 e. The average Bonchev–Trinajstić information content (AvgIpc) is 2.15. The van der Waals surface area contributed by atoms with Crippen LogP contribution in [0.25, 0.3) is 0 Å². The molecule has 84 valence electrons. The Labute approximate surface area is 96.8 Å². The van der Waals surface area contributed by atoms with Gasteiger partial charge in [-0.25, -0.2) is 0 Å². The van der Waals surface area contributed by atoms with E-state index < -0.39 is 0 Å². The average molecular weight is 228 g/mol. The van der Waals surface area contributed by atoms with Crippen LogP contribution in [0, 0.1) is 13.8 Å². The van der Waals surface area contributed by atoms with Gasteiger partial charge in [-0.2, -0.15) is 0 Å². The van der Waals surface area contributed by atoms with E-state index in [0.29, 0.717) is 0 Å². The van der Waals surface area contributed by atoms with Gasteiger partial charge in [-0.3, -0.25) is 4.90 Å². The van der Waals surface area contributed by atoms with Crippen LogP contribution in [-0.4, -0.2) is 26.1 Å². The molecule has 1 unspecified atom stereocenters. The monoisotopic (exact) mass is 227 g/mol. The quantitative estimate of drug-likeness (QED) is 0.581. The minimum absolute atomic E-state index is 0.0895. The molecule has 0 spiro atoms. The van der Waals surface area contributed by atoms with E-state index in [1.54, 1.807) is 7.11 Å². The molecule has 1 aromatic rings. The number of nitrogens with zero attached hydrogens (tertiary/aromatic N) is 1. The summed E-state index contributed by atoms with van der Waals surface area (Å²) in [6.07, 6.45) is 0. The summed E-state index contributed by atoms with van der Waals surface area (Å²) in [6.45, 7) is 4.07. The van der Waals surface area contributed by atoms with Crippen LogP contribution in [0.5, 0.6) is 5.75 Å². The summed E-state index contributed by atoms with van der Waals surface area (Å²) in [5, 5.41) is 0. The van der Waals surface area contributed by atoms with Crippen LogP contribution in [0.3, 0.4) is 0 Å². The molecule has 15 heavy (non-hydrogen) atoms. The molecule has 3 heteroatoms. The Morgan fingerprint density at radius 2 is 1.67 bits per heavy atom. The fourth-order valence-electron chi connectivity index (χ4n) is 1.74. The Morgan fingerprint density at radius 1 is 1.20 bits per heavy atom. The first-order valence-electron chi connectivity index (χ1n) is 4.93. The Hall–Kier alpha value is -0.730. The van der Waals surface area contributed by atoms with Crippen molar-refractivity contribution < 1.29 is 4.74 Å². The molecule has 0 aliphatic rings. The first-order chi connectivity index (χ1) is 6.97. The summed E-state index contributed by atoms with van der Waals surface area (Å²) in [5.74, 6) is 0.946. The molecule has 1 atom stereocenters. The molecule has 1 rings (SSSR count). The number of halogens is 1. The Morgan fingerprint density at radius 3 is 2.00 bits per heavy atom. The number of benzene rings is 1. The number of aryl methyl sites for hydroxylation is 2. The second kappa shape index (κ2) is 4.86. The van der Waals surface area contributed by atoms with Crippen LogP contribution in [0.1, 0.15) is 22.2 Å². The maximum absolute atomic E-state index is 6.27. The summed E-state index contributed by atoms with van der Waals surface area (Å²) in [5.41, 5.74) is 3.27. The highest BCUT2D eigenvalue weighted by Gasteiger charge is 2.13. The number of ether oxygens (including phenoxy) is 1. The van der Waals surface area contributed by atoms with Gasteiger partial charge in [-0.05, 0) is 56.8 Å². The third-order valence-electron chi connectivity index (χ3n) is 2.42. The Kier molecular flexibility index (Phi) is 4.00. The van der Waals surface area contributed by atoms with Crippen molar-refractivity contribution in [3.63, 3.8) is 0 Å².